The second-order valence-electron chi connectivity index (χ2n) is 4.92. The van der Waals surface area contributed by atoms with Gasteiger partial charge >= 0.3 is 0 Å². The lowest BCUT2D eigenvalue weighted by atomic mass is 9.94. The van der Waals surface area contributed by atoms with Gasteiger partial charge in [0.25, 0.3) is 0 Å². The van der Waals surface area contributed by atoms with E-state index in [2.05, 4.69) is 5.32 Å². The third-order valence-corrected chi connectivity index (χ3v) is 3.62. The summed E-state index contributed by atoms with van der Waals surface area (Å²) in [5.74, 6) is -0.723. The highest BCUT2D eigenvalue weighted by Crippen LogP contribution is 2.30. The van der Waals surface area contributed by atoms with Crippen LogP contribution in [0.1, 0.15) is 32.1 Å². The minimum Gasteiger partial charge on any atom is -0.326 e. The molecule has 0 aromatic heterocycles. The molecule has 1 aromatic carbocycles. The average Bonchev–Trinajstić information content (AvgIpc) is 2.70. The minimum atomic E-state index is -0.544. The van der Waals surface area contributed by atoms with E-state index in [0.717, 1.165) is 25.7 Å². The number of hydrogen-bond acceptors (Lipinski definition) is 2. The number of nitrogens with two attached hydrogens (primary N) is 1. The normalized spacial score (nSPS) is 17.7. The molecule has 0 bridgehead atoms. The highest BCUT2D eigenvalue weighted by molar-refractivity contribution is 6.30. The number of benzene rings is 1. The first-order valence-electron chi connectivity index (χ1n) is 6.02. The van der Waals surface area contributed by atoms with Crippen LogP contribution in [-0.4, -0.2) is 11.4 Å². The molecule has 0 spiro atoms. The Bertz CT molecular complexity index is 458. The SMILES string of the molecule is NC1(CC(=O)Nc2ccc(Cl)c(F)c2)CCCC1. The monoisotopic (exact) mass is 270 g/mol. The Hall–Kier alpha value is -1.13. The van der Waals surface area contributed by atoms with Gasteiger partial charge in [-0.15, -0.1) is 0 Å². The van der Waals surface area contributed by atoms with Crippen molar-refractivity contribution in [1.82, 2.24) is 0 Å². The number of anilines is 1. The van der Waals surface area contributed by atoms with Crippen LogP contribution in [-0.2, 0) is 4.79 Å². The molecule has 1 fully saturated rings. The zero-order chi connectivity index (χ0) is 13.2. The lowest BCUT2D eigenvalue weighted by Gasteiger charge is -2.22. The fraction of sp³-hybridized carbons (Fsp3) is 0.462. The molecule has 0 aliphatic heterocycles. The third kappa shape index (κ3) is 3.21. The van der Waals surface area contributed by atoms with Gasteiger partial charge in [0.1, 0.15) is 5.82 Å². The zero-order valence-electron chi connectivity index (χ0n) is 10.0. The number of nitrogens with one attached hydrogen (secondary N) is 1. The van der Waals surface area contributed by atoms with E-state index in [1.165, 1.54) is 12.1 Å². The first-order chi connectivity index (χ1) is 8.48. The number of rotatable bonds is 3. The quantitative estimate of drug-likeness (QED) is 0.887. The van der Waals surface area contributed by atoms with Gasteiger partial charge in [0.15, 0.2) is 0 Å². The van der Waals surface area contributed by atoms with Gasteiger partial charge in [-0.1, -0.05) is 24.4 Å². The van der Waals surface area contributed by atoms with Crippen LogP contribution in [0.15, 0.2) is 18.2 Å². The Kier molecular flexibility index (Phi) is 3.88. The summed E-state index contributed by atoms with van der Waals surface area (Å²) < 4.78 is 13.2. The molecule has 0 saturated heterocycles. The third-order valence-electron chi connectivity index (χ3n) is 3.32. The molecule has 1 amide bonds. The molecule has 0 heterocycles. The summed E-state index contributed by atoms with van der Waals surface area (Å²) in [5.41, 5.74) is 6.12. The van der Waals surface area contributed by atoms with E-state index in [9.17, 15) is 9.18 Å². The van der Waals surface area contributed by atoms with Gasteiger partial charge in [-0.25, -0.2) is 4.39 Å². The topological polar surface area (TPSA) is 55.1 Å². The maximum atomic E-state index is 13.2. The standard InChI is InChI=1S/C13H16ClFN2O/c14-10-4-3-9(7-11(10)15)17-12(18)8-13(16)5-1-2-6-13/h3-4,7H,1-2,5-6,8,16H2,(H,17,18). The molecule has 5 heteroatoms. The highest BCUT2D eigenvalue weighted by Gasteiger charge is 2.31. The Morgan fingerprint density at radius 1 is 1.44 bits per heavy atom. The molecule has 3 nitrogen and oxygen atoms in total. The van der Waals surface area contributed by atoms with Crippen LogP contribution in [0.25, 0.3) is 0 Å². The number of carbonyl (C=O) groups is 1. The zero-order valence-corrected chi connectivity index (χ0v) is 10.8. The lowest BCUT2D eigenvalue weighted by molar-refractivity contribution is -0.117. The summed E-state index contributed by atoms with van der Waals surface area (Å²) >= 11 is 5.57. The molecule has 3 N–H and O–H groups in total. The molecule has 1 aromatic rings. The Morgan fingerprint density at radius 2 is 2.11 bits per heavy atom. The summed E-state index contributed by atoms with van der Waals surface area (Å²) in [6.07, 6.45) is 4.15. The molecule has 1 aliphatic rings. The van der Waals surface area contributed by atoms with E-state index in [-0.39, 0.29) is 17.4 Å². The number of amides is 1. The van der Waals surface area contributed by atoms with Crippen molar-refractivity contribution >= 4 is 23.2 Å². The Labute approximate surface area is 111 Å². The van der Waals surface area contributed by atoms with Crippen molar-refractivity contribution in [2.45, 2.75) is 37.6 Å². The Balaban J connectivity index is 1.96. The van der Waals surface area contributed by atoms with Crippen LogP contribution >= 0.6 is 11.6 Å². The summed E-state index contributed by atoms with van der Waals surface area (Å²) in [5, 5.41) is 2.69. The molecule has 0 radical (unpaired) electrons. The van der Waals surface area contributed by atoms with E-state index < -0.39 is 11.4 Å². The first kappa shape index (κ1) is 13.3. The maximum Gasteiger partial charge on any atom is 0.226 e. The second-order valence-corrected chi connectivity index (χ2v) is 5.33. The minimum absolute atomic E-state index is 0.0408. The number of hydrogen-bond donors (Lipinski definition) is 2. The Morgan fingerprint density at radius 3 is 2.72 bits per heavy atom. The van der Waals surface area contributed by atoms with Crippen molar-refractivity contribution < 1.29 is 9.18 Å². The number of carbonyl (C=O) groups excluding carboxylic acids is 1. The van der Waals surface area contributed by atoms with Crippen LogP contribution in [0.4, 0.5) is 10.1 Å². The fourth-order valence-corrected chi connectivity index (χ4v) is 2.47. The maximum absolute atomic E-state index is 13.2. The van der Waals surface area contributed by atoms with Gasteiger partial charge in [-0.2, -0.15) is 0 Å². The van der Waals surface area contributed by atoms with Crippen molar-refractivity contribution in [2.24, 2.45) is 5.73 Å². The average molecular weight is 271 g/mol. The molecule has 2 rings (SSSR count). The molecule has 0 atom stereocenters. The van der Waals surface area contributed by atoms with Crippen molar-refractivity contribution in [2.75, 3.05) is 5.32 Å². The number of halogens is 2. The lowest BCUT2D eigenvalue weighted by Crippen LogP contribution is -2.40. The molecule has 1 saturated carbocycles. The van der Waals surface area contributed by atoms with Gasteiger partial charge in [0.2, 0.25) is 5.91 Å². The van der Waals surface area contributed by atoms with E-state index in [0.29, 0.717) is 5.69 Å². The largest absolute Gasteiger partial charge is 0.326 e. The summed E-state index contributed by atoms with van der Waals surface area (Å²) in [4.78, 5) is 11.8. The van der Waals surface area contributed by atoms with Crippen molar-refractivity contribution in [1.29, 1.82) is 0 Å². The van der Waals surface area contributed by atoms with Gasteiger partial charge in [0, 0.05) is 17.6 Å². The van der Waals surface area contributed by atoms with Gasteiger partial charge < -0.3 is 11.1 Å². The fourth-order valence-electron chi connectivity index (χ4n) is 2.35. The smallest absolute Gasteiger partial charge is 0.226 e. The molecular weight excluding hydrogens is 255 g/mol. The predicted octanol–water partition coefficient (Wildman–Crippen LogP) is 3.08. The van der Waals surface area contributed by atoms with E-state index >= 15 is 0 Å². The predicted molar refractivity (Wildman–Crippen MR) is 70.0 cm³/mol. The van der Waals surface area contributed by atoms with E-state index in [1.807, 2.05) is 0 Å². The van der Waals surface area contributed by atoms with E-state index in [4.69, 9.17) is 17.3 Å². The molecule has 0 unspecified atom stereocenters. The first-order valence-corrected chi connectivity index (χ1v) is 6.40. The molecule has 1 aliphatic carbocycles. The second kappa shape index (κ2) is 5.24. The van der Waals surface area contributed by atoms with Crippen LogP contribution < -0.4 is 11.1 Å². The van der Waals surface area contributed by atoms with Gasteiger partial charge in [0.05, 0.1) is 5.02 Å². The van der Waals surface area contributed by atoms with Crippen molar-refractivity contribution in [3.63, 3.8) is 0 Å². The molecular formula is C13H16ClFN2O. The molecule has 18 heavy (non-hydrogen) atoms. The van der Waals surface area contributed by atoms with Crippen LogP contribution in [0.2, 0.25) is 5.02 Å². The van der Waals surface area contributed by atoms with Crippen LogP contribution in [0, 0.1) is 5.82 Å². The van der Waals surface area contributed by atoms with Gasteiger partial charge in [-0.3, -0.25) is 4.79 Å². The summed E-state index contributed by atoms with van der Waals surface area (Å²) in [7, 11) is 0. The molecule has 98 valence electrons. The summed E-state index contributed by atoms with van der Waals surface area (Å²) in [6.45, 7) is 0. The van der Waals surface area contributed by atoms with Crippen LogP contribution in [0.5, 0.6) is 0 Å². The van der Waals surface area contributed by atoms with E-state index in [1.54, 1.807) is 6.07 Å². The van der Waals surface area contributed by atoms with Crippen LogP contribution in [0.3, 0.4) is 0 Å². The van der Waals surface area contributed by atoms with Crippen molar-refractivity contribution in [3.05, 3.63) is 29.0 Å². The summed E-state index contributed by atoms with van der Waals surface area (Å²) in [6, 6.07) is 4.19. The highest BCUT2D eigenvalue weighted by atomic mass is 35.5. The van der Waals surface area contributed by atoms with Gasteiger partial charge in [-0.05, 0) is 31.0 Å². The van der Waals surface area contributed by atoms with Crippen molar-refractivity contribution in [3.8, 4) is 0 Å².